The summed E-state index contributed by atoms with van der Waals surface area (Å²) in [6.07, 6.45) is 3.97. The van der Waals surface area contributed by atoms with Gasteiger partial charge >= 0.3 is 0 Å². The van der Waals surface area contributed by atoms with Gasteiger partial charge in [0.05, 0.1) is 17.2 Å². The summed E-state index contributed by atoms with van der Waals surface area (Å²) in [6, 6.07) is 20.0. The molecular weight excluding hydrogens is 436 g/mol. The first-order chi connectivity index (χ1) is 15.5. The Bertz CT molecular complexity index is 1190. The molecule has 0 unspecified atom stereocenters. The number of thiocarbonyl (C=S) groups is 1. The van der Waals surface area contributed by atoms with E-state index in [2.05, 4.69) is 25.1 Å². The molecule has 3 aromatic carbocycles. The van der Waals surface area contributed by atoms with Gasteiger partial charge in [-0.1, -0.05) is 67.7 Å². The fourth-order valence-electron chi connectivity index (χ4n) is 3.60. The highest BCUT2D eigenvalue weighted by Crippen LogP contribution is 2.39. The number of benzene rings is 3. The van der Waals surface area contributed by atoms with Crippen LogP contribution >= 0.6 is 24.0 Å². The lowest BCUT2D eigenvalue weighted by atomic mass is 10.0. The Labute approximate surface area is 198 Å². The first-order valence-electron chi connectivity index (χ1n) is 10.7. The van der Waals surface area contributed by atoms with Gasteiger partial charge in [-0.3, -0.25) is 9.69 Å². The Morgan fingerprint density at radius 1 is 1.06 bits per heavy atom. The molecule has 1 saturated heterocycles. The van der Waals surface area contributed by atoms with Crippen molar-refractivity contribution in [2.24, 2.45) is 0 Å². The maximum absolute atomic E-state index is 13.3. The van der Waals surface area contributed by atoms with Gasteiger partial charge in [-0.2, -0.15) is 0 Å². The number of carbonyl (C=O) groups is 1. The Morgan fingerprint density at radius 2 is 1.81 bits per heavy atom. The van der Waals surface area contributed by atoms with E-state index in [-0.39, 0.29) is 5.91 Å². The molecule has 1 aliphatic rings. The molecule has 1 amide bonds. The SMILES string of the molecule is CCCCOc1ccc2ccccc2c1/C=C1\SC(=S)N(c2ccc(N(C)C)cc2)C1=O. The minimum atomic E-state index is -0.106. The largest absolute Gasteiger partial charge is 0.493 e. The summed E-state index contributed by atoms with van der Waals surface area (Å²) >= 11 is 6.91. The molecule has 1 fully saturated rings. The number of unbranched alkanes of at least 4 members (excludes halogenated alkanes) is 1. The zero-order valence-electron chi connectivity index (χ0n) is 18.5. The lowest BCUT2D eigenvalue weighted by Crippen LogP contribution is -2.27. The second kappa shape index (κ2) is 9.76. The van der Waals surface area contributed by atoms with Gasteiger partial charge < -0.3 is 9.64 Å². The van der Waals surface area contributed by atoms with Gasteiger partial charge in [0, 0.05) is 25.3 Å². The van der Waals surface area contributed by atoms with E-state index < -0.39 is 0 Å². The van der Waals surface area contributed by atoms with Gasteiger partial charge in [-0.15, -0.1) is 0 Å². The van der Waals surface area contributed by atoms with Gasteiger partial charge in [0.1, 0.15) is 5.75 Å². The third kappa shape index (κ3) is 4.52. The second-order valence-electron chi connectivity index (χ2n) is 7.83. The molecule has 0 radical (unpaired) electrons. The molecule has 6 heteroatoms. The first-order valence-corrected chi connectivity index (χ1v) is 11.9. The van der Waals surface area contributed by atoms with Gasteiger partial charge in [0.15, 0.2) is 4.32 Å². The molecule has 0 atom stereocenters. The number of amides is 1. The minimum Gasteiger partial charge on any atom is -0.493 e. The number of fused-ring (bicyclic) bond motifs is 1. The van der Waals surface area contributed by atoms with E-state index in [1.165, 1.54) is 11.8 Å². The molecule has 0 N–H and O–H groups in total. The summed E-state index contributed by atoms with van der Waals surface area (Å²) in [5, 5.41) is 2.17. The maximum atomic E-state index is 13.3. The number of carbonyl (C=O) groups excluding carboxylic acids is 1. The van der Waals surface area contributed by atoms with E-state index in [4.69, 9.17) is 17.0 Å². The number of thioether (sulfide) groups is 1. The van der Waals surface area contributed by atoms with E-state index in [0.717, 1.165) is 46.3 Å². The fraction of sp³-hybridized carbons (Fsp3) is 0.231. The van der Waals surface area contributed by atoms with Gasteiger partial charge in [-0.25, -0.2) is 0 Å². The average molecular weight is 463 g/mol. The van der Waals surface area contributed by atoms with Crippen LogP contribution < -0.4 is 14.5 Å². The summed E-state index contributed by atoms with van der Waals surface area (Å²) in [4.78, 5) is 17.6. The number of ether oxygens (including phenoxy) is 1. The van der Waals surface area contributed by atoms with Crippen molar-refractivity contribution in [3.63, 3.8) is 0 Å². The van der Waals surface area contributed by atoms with Crippen molar-refractivity contribution in [1.29, 1.82) is 0 Å². The summed E-state index contributed by atoms with van der Waals surface area (Å²) in [6.45, 7) is 2.79. The number of hydrogen-bond donors (Lipinski definition) is 0. The molecule has 0 aromatic heterocycles. The number of anilines is 2. The van der Waals surface area contributed by atoms with Crippen LogP contribution in [0, 0.1) is 0 Å². The molecule has 1 aliphatic heterocycles. The number of hydrogen-bond acceptors (Lipinski definition) is 5. The molecule has 4 rings (SSSR count). The summed E-state index contributed by atoms with van der Waals surface area (Å²) < 4.78 is 6.62. The molecule has 0 bridgehead atoms. The van der Waals surface area contributed by atoms with Gasteiger partial charge in [-0.05, 0) is 53.6 Å². The Morgan fingerprint density at radius 3 is 2.53 bits per heavy atom. The monoisotopic (exact) mass is 462 g/mol. The van der Waals surface area contributed by atoms with Crippen LogP contribution in [0.25, 0.3) is 16.8 Å². The van der Waals surface area contributed by atoms with Crippen LogP contribution in [-0.2, 0) is 4.79 Å². The maximum Gasteiger partial charge on any atom is 0.270 e. The smallest absolute Gasteiger partial charge is 0.270 e. The predicted octanol–water partition coefficient (Wildman–Crippen LogP) is 6.49. The zero-order chi connectivity index (χ0) is 22.7. The van der Waals surface area contributed by atoms with E-state index >= 15 is 0 Å². The molecular formula is C26H26N2O2S2. The van der Waals surface area contributed by atoms with E-state index in [9.17, 15) is 4.79 Å². The topological polar surface area (TPSA) is 32.8 Å². The van der Waals surface area contributed by atoms with E-state index in [1.54, 1.807) is 4.90 Å². The molecule has 32 heavy (non-hydrogen) atoms. The summed E-state index contributed by atoms with van der Waals surface area (Å²) in [5.41, 5.74) is 2.76. The first kappa shape index (κ1) is 22.4. The molecule has 0 aliphatic carbocycles. The van der Waals surface area contributed by atoms with Crippen molar-refractivity contribution >= 4 is 62.4 Å². The second-order valence-corrected chi connectivity index (χ2v) is 9.50. The summed E-state index contributed by atoms with van der Waals surface area (Å²) in [5.74, 6) is 0.683. The minimum absolute atomic E-state index is 0.106. The molecule has 4 nitrogen and oxygen atoms in total. The Balaban J connectivity index is 1.71. The van der Waals surface area contributed by atoms with Crippen LogP contribution in [0.15, 0.2) is 65.6 Å². The third-order valence-corrected chi connectivity index (χ3v) is 6.68. The third-order valence-electron chi connectivity index (χ3n) is 5.38. The van der Waals surface area contributed by atoms with Crippen molar-refractivity contribution in [3.8, 4) is 5.75 Å². The molecule has 164 valence electrons. The Kier molecular flexibility index (Phi) is 6.82. The lowest BCUT2D eigenvalue weighted by Gasteiger charge is -2.17. The van der Waals surface area contributed by atoms with Crippen LogP contribution in [-0.4, -0.2) is 30.9 Å². The zero-order valence-corrected chi connectivity index (χ0v) is 20.1. The number of nitrogens with zero attached hydrogens (tertiary/aromatic N) is 2. The molecule has 0 spiro atoms. The van der Waals surface area contributed by atoms with Crippen LogP contribution in [0.5, 0.6) is 5.75 Å². The van der Waals surface area contributed by atoms with Crippen LogP contribution in [0.4, 0.5) is 11.4 Å². The average Bonchev–Trinajstić information content (AvgIpc) is 3.08. The van der Waals surface area contributed by atoms with Crippen molar-refractivity contribution in [2.75, 3.05) is 30.5 Å². The lowest BCUT2D eigenvalue weighted by molar-refractivity contribution is -0.113. The van der Waals surface area contributed by atoms with Gasteiger partial charge in [0.25, 0.3) is 5.91 Å². The molecule has 1 heterocycles. The highest BCUT2D eigenvalue weighted by Gasteiger charge is 2.33. The Hall–Kier alpha value is -2.83. The van der Waals surface area contributed by atoms with Crippen molar-refractivity contribution in [1.82, 2.24) is 0 Å². The van der Waals surface area contributed by atoms with Crippen LogP contribution in [0.2, 0.25) is 0 Å². The van der Waals surface area contributed by atoms with E-state index in [1.807, 2.05) is 67.5 Å². The van der Waals surface area contributed by atoms with Gasteiger partial charge in [0.2, 0.25) is 0 Å². The molecule has 0 saturated carbocycles. The predicted molar refractivity (Wildman–Crippen MR) is 141 cm³/mol. The standard InChI is InChI=1S/C26H26N2O2S2/c1-4-5-16-30-23-15-10-18-8-6-7-9-21(18)22(23)17-24-25(29)28(26(31)32-24)20-13-11-19(12-14-20)27(2)3/h6-15,17H,4-5,16H2,1-3H3/b24-17-. The fourth-order valence-corrected chi connectivity index (χ4v) is 4.88. The number of rotatable bonds is 7. The van der Waals surface area contributed by atoms with Crippen molar-refractivity contribution in [3.05, 3.63) is 71.1 Å². The van der Waals surface area contributed by atoms with E-state index in [0.29, 0.717) is 15.8 Å². The quantitative estimate of drug-likeness (QED) is 0.228. The highest BCUT2D eigenvalue weighted by atomic mass is 32.2. The summed E-state index contributed by atoms with van der Waals surface area (Å²) in [7, 11) is 3.98. The van der Waals surface area contributed by atoms with Crippen LogP contribution in [0.1, 0.15) is 25.3 Å². The van der Waals surface area contributed by atoms with Crippen LogP contribution in [0.3, 0.4) is 0 Å². The van der Waals surface area contributed by atoms with Crippen molar-refractivity contribution < 1.29 is 9.53 Å². The highest BCUT2D eigenvalue weighted by molar-refractivity contribution is 8.27. The molecule has 3 aromatic rings. The normalized spacial score (nSPS) is 15.1. The van der Waals surface area contributed by atoms with Crippen molar-refractivity contribution in [2.45, 2.75) is 19.8 Å².